The van der Waals surface area contributed by atoms with Crippen molar-refractivity contribution in [1.29, 1.82) is 0 Å². The lowest BCUT2D eigenvalue weighted by Crippen LogP contribution is -2.58. The van der Waals surface area contributed by atoms with Crippen molar-refractivity contribution in [3.63, 3.8) is 0 Å². The third-order valence-corrected chi connectivity index (χ3v) is 6.82. The van der Waals surface area contributed by atoms with Crippen LogP contribution in [0.5, 0.6) is 0 Å². The second kappa shape index (κ2) is 9.76. The second-order valence-corrected chi connectivity index (χ2v) is 9.19. The first-order chi connectivity index (χ1) is 15.6. The van der Waals surface area contributed by atoms with Crippen molar-refractivity contribution in [2.75, 3.05) is 26.2 Å². The normalized spacial score (nSPS) is 27.4. The van der Waals surface area contributed by atoms with E-state index in [1.807, 2.05) is 35.3 Å². The molecule has 0 radical (unpaired) electrons. The highest BCUT2D eigenvalue weighted by molar-refractivity contribution is 6.30. The number of nitrogens with two attached hydrogens (primary N) is 1. The zero-order valence-corrected chi connectivity index (χ0v) is 18.9. The van der Waals surface area contributed by atoms with E-state index in [2.05, 4.69) is 42.9 Å². The van der Waals surface area contributed by atoms with Crippen molar-refractivity contribution in [1.82, 2.24) is 30.4 Å². The van der Waals surface area contributed by atoms with E-state index in [9.17, 15) is 0 Å². The minimum absolute atomic E-state index is 0.137. The van der Waals surface area contributed by atoms with E-state index in [0.717, 1.165) is 63.0 Å². The molecule has 3 aliphatic rings. The van der Waals surface area contributed by atoms with Gasteiger partial charge in [-0.15, -0.1) is 0 Å². The van der Waals surface area contributed by atoms with Gasteiger partial charge in [0.1, 0.15) is 0 Å². The number of piperidine rings is 1. The molecule has 172 valence electrons. The van der Waals surface area contributed by atoms with Gasteiger partial charge in [0.2, 0.25) is 5.96 Å². The molecular formula is C22H31ClN8O. The molecule has 32 heavy (non-hydrogen) atoms. The molecule has 3 unspecified atom stereocenters. The van der Waals surface area contributed by atoms with Crippen LogP contribution in [0.15, 0.2) is 47.7 Å². The molecule has 2 saturated heterocycles. The van der Waals surface area contributed by atoms with Crippen LogP contribution in [0.4, 0.5) is 0 Å². The van der Waals surface area contributed by atoms with Gasteiger partial charge in [0.25, 0.3) is 0 Å². The smallest absolute Gasteiger partial charge is 0.211 e. The van der Waals surface area contributed by atoms with Crippen LogP contribution in [0.25, 0.3) is 0 Å². The Morgan fingerprint density at radius 3 is 2.69 bits per heavy atom. The number of hydrogen-bond acceptors (Lipinski definition) is 8. The monoisotopic (exact) mass is 458 g/mol. The average Bonchev–Trinajstić information content (AvgIpc) is 3.48. The highest BCUT2D eigenvalue weighted by atomic mass is 35.5. The second-order valence-electron chi connectivity index (χ2n) is 8.75. The van der Waals surface area contributed by atoms with Crippen molar-refractivity contribution in [2.45, 2.75) is 50.3 Å². The van der Waals surface area contributed by atoms with Gasteiger partial charge >= 0.3 is 0 Å². The summed E-state index contributed by atoms with van der Waals surface area (Å²) in [6, 6.07) is 11.0. The molecule has 4 N–H and O–H groups in total. The number of likely N-dealkylation sites (tertiary alicyclic amines) is 1. The number of rotatable bonds is 5. The van der Waals surface area contributed by atoms with Crippen LogP contribution in [-0.2, 0) is 17.7 Å². The minimum atomic E-state index is -0.367. The summed E-state index contributed by atoms with van der Waals surface area (Å²) in [5, 5.41) is 5.14. The average molecular weight is 459 g/mol. The summed E-state index contributed by atoms with van der Waals surface area (Å²) >= 11 is 6.09. The number of morpholine rings is 1. The van der Waals surface area contributed by atoms with Crippen LogP contribution >= 0.6 is 11.6 Å². The van der Waals surface area contributed by atoms with Gasteiger partial charge in [-0.05, 0) is 43.0 Å². The van der Waals surface area contributed by atoms with Gasteiger partial charge in [-0.1, -0.05) is 23.7 Å². The lowest BCUT2D eigenvalue weighted by Gasteiger charge is -2.47. The van der Waals surface area contributed by atoms with Gasteiger partial charge in [-0.2, -0.15) is 10.5 Å². The molecule has 0 bridgehead atoms. The van der Waals surface area contributed by atoms with Gasteiger partial charge in [-0.3, -0.25) is 20.7 Å². The predicted molar refractivity (Wildman–Crippen MR) is 124 cm³/mol. The fraction of sp³-hybridized carbons (Fsp3) is 0.545. The molecule has 4 heterocycles. The number of benzene rings is 1. The van der Waals surface area contributed by atoms with Crippen LogP contribution in [0.2, 0.25) is 5.02 Å². The van der Waals surface area contributed by atoms with Crippen molar-refractivity contribution < 1.29 is 4.74 Å². The number of halogens is 1. The number of guanidine groups is 1. The summed E-state index contributed by atoms with van der Waals surface area (Å²) in [5.74, 6) is 0.854. The van der Waals surface area contributed by atoms with Crippen LogP contribution in [-0.4, -0.2) is 76.3 Å². The number of nitrogens with zero attached hydrogens (tertiary/aromatic N) is 5. The minimum Gasteiger partial charge on any atom is -0.373 e. The van der Waals surface area contributed by atoms with Crippen molar-refractivity contribution in [3.8, 4) is 0 Å². The molecule has 1 aromatic carbocycles. The molecule has 2 aromatic rings. The van der Waals surface area contributed by atoms with Gasteiger partial charge in [-0.25, -0.2) is 4.99 Å². The van der Waals surface area contributed by atoms with Crippen LogP contribution < -0.4 is 16.6 Å². The topological polar surface area (TPSA) is 96.0 Å². The van der Waals surface area contributed by atoms with E-state index < -0.39 is 0 Å². The first kappa shape index (κ1) is 21.7. The molecule has 10 heteroatoms. The summed E-state index contributed by atoms with van der Waals surface area (Å²) in [7, 11) is 0. The standard InChI is InChI=1S/C22H31ClN8O/c23-17-4-2-16(3-5-17)12-19-15-32-20(13-30-9-1-8-25-30)14-31(19)18-6-10-29(11-7-18)22-26-21(24)27-28-22/h1-5,8-9,18-21,27H,6-7,10-15,24H2,(H,26,28). The molecular weight excluding hydrogens is 428 g/mol. The lowest BCUT2D eigenvalue weighted by molar-refractivity contribution is -0.0910. The van der Waals surface area contributed by atoms with E-state index in [-0.39, 0.29) is 12.4 Å². The highest BCUT2D eigenvalue weighted by Crippen LogP contribution is 2.26. The summed E-state index contributed by atoms with van der Waals surface area (Å²) in [5.41, 5.74) is 13.2. The maximum Gasteiger partial charge on any atom is 0.211 e. The van der Waals surface area contributed by atoms with E-state index in [4.69, 9.17) is 22.1 Å². The van der Waals surface area contributed by atoms with Crippen LogP contribution in [0.3, 0.4) is 0 Å². The van der Waals surface area contributed by atoms with Gasteiger partial charge in [0.05, 0.1) is 19.3 Å². The first-order valence-corrected chi connectivity index (χ1v) is 11.7. The molecule has 3 atom stereocenters. The molecule has 2 fully saturated rings. The zero-order chi connectivity index (χ0) is 21.9. The van der Waals surface area contributed by atoms with Crippen LogP contribution in [0, 0.1) is 0 Å². The highest BCUT2D eigenvalue weighted by Gasteiger charge is 2.36. The third kappa shape index (κ3) is 5.07. The molecule has 0 amide bonds. The van der Waals surface area contributed by atoms with E-state index >= 15 is 0 Å². The van der Waals surface area contributed by atoms with Crippen molar-refractivity contribution in [3.05, 3.63) is 53.3 Å². The Bertz CT molecular complexity index is 897. The van der Waals surface area contributed by atoms with Crippen LogP contribution in [0.1, 0.15) is 18.4 Å². The maximum atomic E-state index is 6.30. The van der Waals surface area contributed by atoms with Crippen molar-refractivity contribution >= 4 is 17.6 Å². The maximum absolute atomic E-state index is 6.30. The Labute approximate surface area is 193 Å². The SMILES string of the molecule is NC1N=C(N2CCC(N3CC(Cn4cccn4)OCC3Cc3ccc(Cl)cc3)CC2)NN1. The number of nitrogens with one attached hydrogen (secondary N) is 2. The number of ether oxygens (including phenoxy) is 1. The molecule has 5 rings (SSSR count). The molecule has 9 nitrogen and oxygen atoms in total. The Morgan fingerprint density at radius 1 is 1.19 bits per heavy atom. The Balaban J connectivity index is 1.26. The summed E-state index contributed by atoms with van der Waals surface area (Å²) in [6.07, 6.45) is 6.72. The predicted octanol–water partition coefficient (Wildman–Crippen LogP) is 1.02. The third-order valence-electron chi connectivity index (χ3n) is 6.57. The van der Waals surface area contributed by atoms with E-state index in [0.29, 0.717) is 12.1 Å². The van der Waals surface area contributed by atoms with Gasteiger partial charge < -0.3 is 9.64 Å². The number of aromatic nitrogens is 2. The van der Waals surface area contributed by atoms with Gasteiger partial charge in [0, 0.05) is 49.1 Å². The fourth-order valence-corrected chi connectivity index (χ4v) is 5.05. The summed E-state index contributed by atoms with van der Waals surface area (Å²) in [6.45, 7) is 4.33. The Kier molecular flexibility index (Phi) is 6.61. The quantitative estimate of drug-likeness (QED) is 0.615. The van der Waals surface area contributed by atoms with Crippen molar-refractivity contribution in [2.24, 2.45) is 10.7 Å². The van der Waals surface area contributed by atoms with E-state index in [1.165, 1.54) is 5.56 Å². The largest absolute Gasteiger partial charge is 0.373 e. The number of hydrogen-bond donors (Lipinski definition) is 3. The zero-order valence-electron chi connectivity index (χ0n) is 18.1. The Hall–Kier alpha value is -2.17. The number of hydrazine groups is 1. The lowest BCUT2D eigenvalue weighted by atomic mass is 9.96. The van der Waals surface area contributed by atoms with E-state index in [1.54, 1.807) is 0 Å². The molecule has 0 aliphatic carbocycles. The molecule has 3 aliphatic heterocycles. The molecule has 0 saturated carbocycles. The summed E-state index contributed by atoms with van der Waals surface area (Å²) in [4.78, 5) is 9.39. The van der Waals surface area contributed by atoms with Gasteiger partial charge in [0.15, 0.2) is 6.29 Å². The summed E-state index contributed by atoms with van der Waals surface area (Å²) < 4.78 is 8.27. The Morgan fingerprint density at radius 2 is 2.00 bits per heavy atom. The fourth-order valence-electron chi connectivity index (χ4n) is 4.93. The number of aliphatic imine (C=N–C) groups is 1. The first-order valence-electron chi connectivity index (χ1n) is 11.3. The molecule has 1 aromatic heterocycles. The molecule has 0 spiro atoms.